The van der Waals surface area contributed by atoms with Crippen molar-refractivity contribution in [3.05, 3.63) is 36.4 Å². The molecule has 6 heteroatoms. The van der Waals surface area contributed by atoms with E-state index in [0.29, 0.717) is 5.92 Å². The lowest BCUT2D eigenvalue weighted by Gasteiger charge is -2.35. The maximum absolute atomic E-state index is 11.0. The minimum atomic E-state index is 0.669. The molecule has 0 spiro atoms. The van der Waals surface area contributed by atoms with Crippen LogP contribution in [0, 0.1) is 5.92 Å². The number of amides is 1. The molecule has 6 nitrogen and oxygen atoms in total. The van der Waals surface area contributed by atoms with Crippen LogP contribution in [0.15, 0.2) is 36.4 Å². The van der Waals surface area contributed by atoms with Crippen LogP contribution in [0.1, 0.15) is 19.8 Å². The summed E-state index contributed by atoms with van der Waals surface area (Å²) < 4.78 is 0. The van der Waals surface area contributed by atoms with Crippen molar-refractivity contribution in [2.75, 3.05) is 49.1 Å². The number of nitrogens with zero attached hydrogens (tertiary/aromatic N) is 5. The van der Waals surface area contributed by atoms with E-state index in [2.05, 4.69) is 34.9 Å². The minimum absolute atomic E-state index is 0.669. The molecule has 0 N–H and O–H groups in total. The number of benzene rings is 1. The summed E-state index contributed by atoms with van der Waals surface area (Å²) in [6.07, 6.45) is 3.40. The standard InChI is InChI=1S/C21H27N5O/c1-17-6-5-9-26(15-17)21-22-19(18-7-3-2-4-8-18)14-20(23-21)25-12-10-24(16-27)11-13-25/h2-4,7-8,14,16-17H,5-6,9-13,15H2,1H3. The molecule has 2 aromatic rings. The normalized spacial score (nSPS) is 20.6. The third-order valence-electron chi connectivity index (χ3n) is 5.50. The van der Waals surface area contributed by atoms with Crippen LogP contribution >= 0.6 is 0 Å². The first-order valence-corrected chi connectivity index (χ1v) is 9.86. The predicted molar refractivity (Wildman–Crippen MR) is 108 cm³/mol. The molecule has 1 atom stereocenters. The van der Waals surface area contributed by atoms with Crippen molar-refractivity contribution in [3.8, 4) is 11.3 Å². The van der Waals surface area contributed by atoms with E-state index in [0.717, 1.165) is 68.7 Å². The minimum Gasteiger partial charge on any atom is -0.353 e. The SMILES string of the molecule is CC1CCCN(c2nc(-c3ccccc3)cc(N3CCN(C=O)CC3)n2)C1. The monoisotopic (exact) mass is 365 g/mol. The van der Waals surface area contributed by atoms with Crippen LogP contribution < -0.4 is 9.80 Å². The van der Waals surface area contributed by atoms with Crippen LogP contribution in [0.2, 0.25) is 0 Å². The second kappa shape index (κ2) is 7.94. The Morgan fingerprint density at radius 1 is 1.00 bits per heavy atom. The molecule has 0 radical (unpaired) electrons. The number of hydrogen-bond donors (Lipinski definition) is 0. The van der Waals surface area contributed by atoms with Gasteiger partial charge in [-0.1, -0.05) is 37.3 Å². The van der Waals surface area contributed by atoms with E-state index in [1.807, 2.05) is 23.1 Å². The molecule has 4 rings (SSSR count). The van der Waals surface area contributed by atoms with Gasteiger partial charge < -0.3 is 14.7 Å². The Balaban J connectivity index is 1.67. The van der Waals surface area contributed by atoms with E-state index in [1.165, 1.54) is 12.8 Å². The Kier molecular flexibility index (Phi) is 5.23. The van der Waals surface area contributed by atoms with Gasteiger partial charge in [-0.3, -0.25) is 4.79 Å². The van der Waals surface area contributed by atoms with Gasteiger partial charge in [-0.25, -0.2) is 4.98 Å². The second-order valence-corrected chi connectivity index (χ2v) is 7.60. The molecule has 2 aliphatic heterocycles. The quantitative estimate of drug-likeness (QED) is 0.780. The summed E-state index contributed by atoms with van der Waals surface area (Å²) in [5, 5.41) is 0. The zero-order chi connectivity index (χ0) is 18.6. The Hall–Kier alpha value is -2.63. The molecule has 0 saturated carbocycles. The molecule has 1 aromatic heterocycles. The topological polar surface area (TPSA) is 52.6 Å². The van der Waals surface area contributed by atoms with Crippen molar-refractivity contribution in [2.24, 2.45) is 5.92 Å². The molecular weight excluding hydrogens is 338 g/mol. The molecule has 2 saturated heterocycles. The van der Waals surface area contributed by atoms with Crippen molar-refractivity contribution in [3.63, 3.8) is 0 Å². The lowest BCUT2D eigenvalue weighted by molar-refractivity contribution is -0.118. The fourth-order valence-corrected chi connectivity index (χ4v) is 3.91. The number of carbonyl (C=O) groups is 1. The van der Waals surface area contributed by atoms with Gasteiger partial charge in [-0.15, -0.1) is 0 Å². The Bertz CT molecular complexity index is 773. The third kappa shape index (κ3) is 4.04. The van der Waals surface area contributed by atoms with Crippen LogP contribution in [0.4, 0.5) is 11.8 Å². The van der Waals surface area contributed by atoms with Gasteiger partial charge in [0, 0.05) is 50.9 Å². The van der Waals surface area contributed by atoms with Crippen molar-refractivity contribution in [1.82, 2.24) is 14.9 Å². The number of rotatable bonds is 4. The first-order valence-electron chi connectivity index (χ1n) is 9.86. The largest absolute Gasteiger partial charge is 0.353 e. The average molecular weight is 365 g/mol. The summed E-state index contributed by atoms with van der Waals surface area (Å²) in [5.41, 5.74) is 2.07. The molecule has 0 aliphatic carbocycles. The zero-order valence-electron chi connectivity index (χ0n) is 15.9. The van der Waals surface area contributed by atoms with E-state index in [-0.39, 0.29) is 0 Å². The van der Waals surface area contributed by atoms with E-state index in [9.17, 15) is 4.79 Å². The van der Waals surface area contributed by atoms with Gasteiger partial charge in [-0.2, -0.15) is 4.98 Å². The van der Waals surface area contributed by atoms with Crippen LogP contribution in [0.25, 0.3) is 11.3 Å². The van der Waals surface area contributed by atoms with Crippen molar-refractivity contribution in [2.45, 2.75) is 19.8 Å². The first kappa shape index (κ1) is 17.8. The fourth-order valence-electron chi connectivity index (χ4n) is 3.91. The Labute approximate surface area is 160 Å². The van der Waals surface area contributed by atoms with E-state index < -0.39 is 0 Å². The van der Waals surface area contributed by atoms with Crippen LogP contribution in [-0.4, -0.2) is 60.5 Å². The number of piperidine rings is 1. The van der Waals surface area contributed by atoms with Crippen LogP contribution in [-0.2, 0) is 4.79 Å². The average Bonchev–Trinajstić information content (AvgIpc) is 2.74. The van der Waals surface area contributed by atoms with Crippen molar-refractivity contribution in [1.29, 1.82) is 0 Å². The van der Waals surface area contributed by atoms with Gasteiger partial charge in [0.1, 0.15) is 5.82 Å². The van der Waals surface area contributed by atoms with Gasteiger partial charge in [0.05, 0.1) is 5.69 Å². The summed E-state index contributed by atoms with van der Waals surface area (Å²) in [4.78, 5) is 27.3. The molecule has 1 aromatic carbocycles. The summed E-state index contributed by atoms with van der Waals surface area (Å²) in [6.45, 7) is 7.42. The van der Waals surface area contributed by atoms with Gasteiger partial charge in [0.2, 0.25) is 12.4 Å². The highest BCUT2D eigenvalue weighted by Gasteiger charge is 2.23. The molecule has 142 valence electrons. The summed E-state index contributed by atoms with van der Waals surface area (Å²) in [7, 11) is 0. The first-order chi connectivity index (χ1) is 13.2. The van der Waals surface area contributed by atoms with E-state index in [1.54, 1.807) is 0 Å². The van der Waals surface area contributed by atoms with Gasteiger partial charge in [0.25, 0.3) is 0 Å². The maximum Gasteiger partial charge on any atom is 0.227 e. The van der Waals surface area contributed by atoms with E-state index >= 15 is 0 Å². The molecular formula is C21H27N5O. The summed E-state index contributed by atoms with van der Waals surface area (Å²) >= 11 is 0. The van der Waals surface area contributed by atoms with Crippen molar-refractivity contribution >= 4 is 18.2 Å². The summed E-state index contributed by atoms with van der Waals surface area (Å²) in [6, 6.07) is 12.4. The number of piperazine rings is 1. The highest BCUT2D eigenvalue weighted by Crippen LogP contribution is 2.27. The number of aromatic nitrogens is 2. The number of anilines is 2. The molecule has 27 heavy (non-hydrogen) atoms. The lowest BCUT2D eigenvalue weighted by atomic mass is 10.0. The maximum atomic E-state index is 11.0. The number of hydrogen-bond acceptors (Lipinski definition) is 5. The van der Waals surface area contributed by atoms with E-state index in [4.69, 9.17) is 9.97 Å². The summed E-state index contributed by atoms with van der Waals surface area (Å²) in [5.74, 6) is 2.46. The molecule has 3 heterocycles. The van der Waals surface area contributed by atoms with Gasteiger partial charge in [-0.05, 0) is 18.8 Å². The molecule has 2 aliphatic rings. The molecule has 1 unspecified atom stereocenters. The van der Waals surface area contributed by atoms with Gasteiger partial charge in [0.15, 0.2) is 0 Å². The molecule has 2 fully saturated rings. The highest BCUT2D eigenvalue weighted by molar-refractivity contribution is 5.65. The third-order valence-corrected chi connectivity index (χ3v) is 5.50. The van der Waals surface area contributed by atoms with Gasteiger partial charge >= 0.3 is 0 Å². The smallest absolute Gasteiger partial charge is 0.227 e. The molecule has 0 bridgehead atoms. The highest BCUT2D eigenvalue weighted by atomic mass is 16.1. The second-order valence-electron chi connectivity index (χ2n) is 7.60. The Morgan fingerprint density at radius 2 is 1.78 bits per heavy atom. The Morgan fingerprint density at radius 3 is 2.48 bits per heavy atom. The lowest BCUT2D eigenvalue weighted by Crippen LogP contribution is -2.46. The fraction of sp³-hybridized carbons (Fsp3) is 0.476. The van der Waals surface area contributed by atoms with Crippen LogP contribution in [0.3, 0.4) is 0 Å². The molecule has 1 amide bonds. The van der Waals surface area contributed by atoms with Crippen LogP contribution in [0.5, 0.6) is 0 Å². The predicted octanol–water partition coefficient (Wildman–Crippen LogP) is 2.66. The zero-order valence-corrected chi connectivity index (χ0v) is 15.9. The van der Waals surface area contributed by atoms with Crippen molar-refractivity contribution < 1.29 is 4.79 Å². The number of carbonyl (C=O) groups excluding carboxylic acids is 1.